The lowest BCUT2D eigenvalue weighted by Gasteiger charge is -2.33. The lowest BCUT2D eigenvalue weighted by Crippen LogP contribution is -2.48. The fraction of sp³-hybridized carbons (Fsp3) is 0.360. The van der Waals surface area contributed by atoms with Gasteiger partial charge >= 0.3 is 5.69 Å². The summed E-state index contributed by atoms with van der Waals surface area (Å²) in [4.78, 5) is 41.1. The van der Waals surface area contributed by atoms with Gasteiger partial charge in [0.2, 0.25) is 0 Å². The van der Waals surface area contributed by atoms with E-state index in [0.717, 1.165) is 72.4 Å². The largest absolute Gasteiger partial charge is 0.367 e. The van der Waals surface area contributed by atoms with Crippen LogP contribution < -0.4 is 21.7 Å². The van der Waals surface area contributed by atoms with Gasteiger partial charge in [-0.25, -0.2) is 9.78 Å². The molecule has 1 aliphatic heterocycles. The van der Waals surface area contributed by atoms with Crippen LogP contribution in [0.3, 0.4) is 0 Å². The Morgan fingerprint density at radius 1 is 1.25 bits per heavy atom. The van der Waals surface area contributed by atoms with Gasteiger partial charge in [0.05, 0.1) is 32.3 Å². The van der Waals surface area contributed by atoms with Crippen molar-refractivity contribution >= 4 is 41.4 Å². The quantitative estimate of drug-likeness (QED) is 0.362. The summed E-state index contributed by atoms with van der Waals surface area (Å²) in [5.41, 5.74) is 1.89. The molecule has 4 aromatic heterocycles. The number of thiophene rings is 1. The molecule has 6 rings (SSSR count). The first-order chi connectivity index (χ1) is 17.5. The van der Waals surface area contributed by atoms with Crippen LogP contribution in [0.5, 0.6) is 0 Å². The number of rotatable bonds is 6. The first kappa shape index (κ1) is 22.7. The van der Waals surface area contributed by atoms with Crippen LogP contribution in [0.25, 0.3) is 28.9 Å². The summed E-state index contributed by atoms with van der Waals surface area (Å²) in [6, 6.07) is 6.29. The number of aromatic amines is 2. The van der Waals surface area contributed by atoms with E-state index in [1.165, 1.54) is 11.3 Å². The second kappa shape index (κ2) is 9.07. The monoisotopic (exact) mass is 504 g/mol. The minimum absolute atomic E-state index is 0.0807. The molecule has 0 bridgehead atoms. The molecule has 11 heteroatoms. The van der Waals surface area contributed by atoms with E-state index >= 15 is 0 Å². The smallest absolute Gasteiger partial charge is 0.323 e. The van der Waals surface area contributed by atoms with Crippen molar-refractivity contribution < 1.29 is 4.79 Å². The van der Waals surface area contributed by atoms with Gasteiger partial charge in [-0.2, -0.15) is 9.61 Å². The highest BCUT2D eigenvalue weighted by molar-refractivity contribution is 7.17. The molecule has 0 aromatic carbocycles. The molecule has 1 amide bonds. The summed E-state index contributed by atoms with van der Waals surface area (Å²) in [6.45, 7) is 10.4. The van der Waals surface area contributed by atoms with Crippen molar-refractivity contribution in [2.24, 2.45) is 0 Å². The van der Waals surface area contributed by atoms with Gasteiger partial charge in [-0.1, -0.05) is 13.5 Å². The summed E-state index contributed by atoms with van der Waals surface area (Å²) in [6.07, 6.45) is 5.80. The molecule has 1 saturated heterocycles. The Kier molecular flexibility index (Phi) is 5.73. The van der Waals surface area contributed by atoms with E-state index in [-0.39, 0.29) is 11.6 Å². The van der Waals surface area contributed by atoms with Crippen molar-refractivity contribution in [2.45, 2.75) is 25.8 Å². The molecule has 2 fully saturated rings. The fourth-order valence-corrected chi connectivity index (χ4v) is 5.41. The Labute approximate surface area is 211 Å². The van der Waals surface area contributed by atoms with Crippen molar-refractivity contribution in [1.82, 2.24) is 34.4 Å². The van der Waals surface area contributed by atoms with E-state index in [4.69, 9.17) is 4.98 Å². The Balaban J connectivity index is 1.37. The zero-order valence-electron chi connectivity index (χ0n) is 20.1. The molecule has 0 radical (unpaired) electrons. The average Bonchev–Trinajstić information content (AvgIpc) is 3.26. The van der Waals surface area contributed by atoms with Gasteiger partial charge in [-0.15, -0.1) is 11.3 Å². The molecule has 1 aliphatic carbocycles. The van der Waals surface area contributed by atoms with Crippen LogP contribution >= 0.6 is 11.3 Å². The van der Waals surface area contributed by atoms with Crippen LogP contribution in [0.1, 0.15) is 35.0 Å². The van der Waals surface area contributed by atoms with Crippen LogP contribution in [-0.4, -0.2) is 79.0 Å². The summed E-state index contributed by atoms with van der Waals surface area (Å²) in [5, 5.41) is 9.19. The van der Waals surface area contributed by atoms with Gasteiger partial charge in [-0.3, -0.25) is 4.79 Å². The molecular formula is C25H28N8O2S. The molecule has 0 unspecified atom stereocenters. The molecule has 186 valence electrons. The number of imidazole rings is 1. The third kappa shape index (κ3) is 4.35. The standard InChI is InChI=1S/C25H28N8O2S/c1-3-31-8-10-32(11-9-31)24(34)21-7-6-20(36-21)19-13-22(28-17-4-5-17)33-23(29-19)16(14-26-33)12-18-15(2)27-25(35)30-18/h6-7,12-14,17,28H,2-5,8-11H2,1H3,(H2,27,30,35)/b18-12-. The molecule has 1 saturated carbocycles. The third-order valence-electron chi connectivity index (χ3n) is 6.74. The minimum Gasteiger partial charge on any atom is -0.367 e. The zero-order valence-corrected chi connectivity index (χ0v) is 20.9. The van der Waals surface area contributed by atoms with Crippen molar-refractivity contribution in [3.63, 3.8) is 0 Å². The SMILES string of the molecule is C=c1[nH]c(=O)[nH]/c1=C\c1cnn2c(NC3CC3)cc(-c3ccc(C(=O)N4CCN(CC)CC4)s3)nc12. The summed E-state index contributed by atoms with van der Waals surface area (Å²) in [5.74, 6) is 0.934. The number of hydrogen-bond acceptors (Lipinski definition) is 7. The topological polar surface area (TPSA) is 114 Å². The number of likely N-dealkylation sites (N-methyl/N-ethyl adjacent to an activating group) is 1. The van der Waals surface area contributed by atoms with Gasteiger partial charge in [0.1, 0.15) is 5.82 Å². The molecule has 5 heterocycles. The summed E-state index contributed by atoms with van der Waals surface area (Å²) >= 11 is 1.47. The van der Waals surface area contributed by atoms with E-state index in [1.807, 2.05) is 29.2 Å². The third-order valence-corrected chi connectivity index (χ3v) is 7.84. The highest BCUT2D eigenvalue weighted by Crippen LogP contribution is 2.32. The fourth-order valence-electron chi connectivity index (χ4n) is 4.47. The van der Waals surface area contributed by atoms with Gasteiger partial charge < -0.3 is 25.1 Å². The molecule has 0 spiro atoms. The summed E-state index contributed by atoms with van der Waals surface area (Å²) < 4.78 is 1.79. The Bertz CT molecular complexity index is 1600. The van der Waals surface area contributed by atoms with Crippen molar-refractivity contribution in [3.8, 4) is 10.6 Å². The lowest BCUT2D eigenvalue weighted by atomic mass is 10.2. The predicted molar refractivity (Wildman–Crippen MR) is 141 cm³/mol. The van der Waals surface area contributed by atoms with E-state index in [9.17, 15) is 9.59 Å². The molecular weight excluding hydrogens is 476 g/mol. The number of piperazine rings is 1. The van der Waals surface area contributed by atoms with Gasteiger partial charge in [0, 0.05) is 43.9 Å². The van der Waals surface area contributed by atoms with Crippen LogP contribution in [-0.2, 0) is 0 Å². The number of aromatic nitrogens is 5. The normalized spacial score (nSPS) is 17.2. The van der Waals surface area contributed by atoms with Crippen LogP contribution in [0.4, 0.5) is 5.82 Å². The predicted octanol–water partition coefficient (Wildman–Crippen LogP) is 1.07. The number of anilines is 1. The number of hydrogen-bond donors (Lipinski definition) is 3. The maximum atomic E-state index is 13.2. The number of amides is 1. The maximum absolute atomic E-state index is 13.2. The van der Waals surface area contributed by atoms with Crippen LogP contribution in [0.2, 0.25) is 0 Å². The number of nitrogens with one attached hydrogen (secondary N) is 3. The number of carbonyl (C=O) groups is 1. The van der Waals surface area contributed by atoms with E-state index in [2.05, 4.69) is 38.8 Å². The van der Waals surface area contributed by atoms with Crippen LogP contribution in [0.15, 0.2) is 29.2 Å². The second-order valence-electron chi connectivity index (χ2n) is 9.29. The molecule has 0 atom stereocenters. The van der Waals surface area contributed by atoms with Gasteiger partial charge in [-0.05, 0) is 37.6 Å². The van der Waals surface area contributed by atoms with Crippen LogP contribution in [0, 0.1) is 0 Å². The Hall–Kier alpha value is -3.70. The number of nitrogens with zero attached hydrogens (tertiary/aromatic N) is 5. The minimum atomic E-state index is -0.306. The van der Waals surface area contributed by atoms with Gasteiger partial charge in [0.15, 0.2) is 5.65 Å². The average molecular weight is 505 g/mol. The number of carbonyl (C=O) groups excluding carboxylic acids is 1. The highest BCUT2D eigenvalue weighted by Gasteiger charge is 2.25. The molecule has 10 nitrogen and oxygen atoms in total. The number of H-pyrrole nitrogens is 2. The Morgan fingerprint density at radius 2 is 2.06 bits per heavy atom. The first-order valence-corrected chi connectivity index (χ1v) is 13.1. The molecule has 4 aromatic rings. The van der Waals surface area contributed by atoms with Gasteiger partial charge in [0.25, 0.3) is 5.91 Å². The molecule has 2 aliphatic rings. The first-order valence-electron chi connectivity index (χ1n) is 12.2. The second-order valence-corrected chi connectivity index (χ2v) is 10.4. The van der Waals surface area contributed by atoms with E-state index in [1.54, 1.807) is 10.7 Å². The van der Waals surface area contributed by atoms with E-state index in [0.29, 0.717) is 22.4 Å². The maximum Gasteiger partial charge on any atom is 0.323 e. The molecule has 3 N–H and O–H groups in total. The lowest BCUT2D eigenvalue weighted by molar-refractivity contribution is 0.0648. The van der Waals surface area contributed by atoms with E-state index < -0.39 is 0 Å². The molecule has 36 heavy (non-hydrogen) atoms. The Morgan fingerprint density at radius 3 is 2.75 bits per heavy atom. The highest BCUT2D eigenvalue weighted by atomic mass is 32.1. The van der Waals surface area contributed by atoms with Crippen molar-refractivity contribution in [2.75, 3.05) is 38.0 Å². The van der Waals surface area contributed by atoms with Crippen molar-refractivity contribution in [1.29, 1.82) is 0 Å². The van der Waals surface area contributed by atoms with Crippen molar-refractivity contribution in [3.05, 3.63) is 56.0 Å². The summed E-state index contributed by atoms with van der Waals surface area (Å²) in [7, 11) is 0. The number of fused-ring (bicyclic) bond motifs is 1. The zero-order chi connectivity index (χ0) is 24.8.